The molecule has 0 spiro atoms. The van der Waals surface area contributed by atoms with Crippen molar-refractivity contribution in [1.82, 2.24) is 0 Å². The standard InChI is InChI=1S/C22H17NO3/c1-13-6-3-4-8-16(13)22(25)23-15-10-11-17-19(12-15)26-21-14(2)7-5-9-18(21)20(17)24/h3-12H,1-2H3,(H,23,25). The van der Waals surface area contributed by atoms with Crippen LogP contribution in [0, 0.1) is 13.8 Å². The van der Waals surface area contributed by atoms with Gasteiger partial charge in [-0.15, -0.1) is 0 Å². The third-order valence-electron chi connectivity index (χ3n) is 4.54. The van der Waals surface area contributed by atoms with Crippen LogP contribution in [-0.2, 0) is 0 Å². The van der Waals surface area contributed by atoms with Gasteiger partial charge in [-0.05, 0) is 49.2 Å². The van der Waals surface area contributed by atoms with Crippen molar-refractivity contribution < 1.29 is 9.21 Å². The fourth-order valence-electron chi connectivity index (χ4n) is 3.12. The van der Waals surface area contributed by atoms with Gasteiger partial charge in [0.05, 0.1) is 10.8 Å². The Morgan fingerprint density at radius 3 is 2.46 bits per heavy atom. The number of hydrogen-bond donors (Lipinski definition) is 1. The summed E-state index contributed by atoms with van der Waals surface area (Å²) in [5, 5.41) is 3.93. The zero-order valence-corrected chi connectivity index (χ0v) is 14.5. The number of rotatable bonds is 2. The summed E-state index contributed by atoms with van der Waals surface area (Å²) >= 11 is 0. The van der Waals surface area contributed by atoms with Gasteiger partial charge < -0.3 is 9.73 Å². The molecule has 4 aromatic rings. The number of para-hydroxylation sites is 1. The van der Waals surface area contributed by atoms with Crippen LogP contribution in [0.4, 0.5) is 5.69 Å². The number of carbonyl (C=O) groups excluding carboxylic acids is 1. The fourth-order valence-corrected chi connectivity index (χ4v) is 3.12. The highest BCUT2D eigenvalue weighted by Crippen LogP contribution is 2.24. The predicted molar refractivity (Wildman–Crippen MR) is 104 cm³/mol. The van der Waals surface area contributed by atoms with Gasteiger partial charge in [-0.1, -0.05) is 30.3 Å². The third-order valence-corrected chi connectivity index (χ3v) is 4.54. The Bertz CT molecular complexity index is 1220. The van der Waals surface area contributed by atoms with E-state index in [1.54, 1.807) is 30.3 Å². The maximum atomic E-state index is 12.7. The highest BCUT2D eigenvalue weighted by molar-refractivity contribution is 6.06. The largest absolute Gasteiger partial charge is 0.455 e. The average Bonchev–Trinajstić information content (AvgIpc) is 2.63. The highest BCUT2D eigenvalue weighted by atomic mass is 16.3. The van der Waals surface area contributed by atoms with Crippen LogP contribution in [-0.4, -0.2) is 5.91 Å². The third kappa shape index (κ3) is 2.65. The van der Waals surface area contributed by atoms with Gasteiger partial charge in [-0.2, -0.15) is 0 Å². The maximum Gasteiger partial charge on any atom is 0.255 e. The normalized spacial score (nSPS) is 11.0. The second-order valence-corrected chi connectivity index (χ2v) is 6.36. The Kier molecular flexibility index (Phi) is 3.81. The molecule has 0 saturated heterocycles. The molecule has 1 N–H and O–H groups in total. The molecule has 3 aromatic carbocycles. The highest BCUT2D eigenvalue weighted by Gasteiger charge is 2.12. The lowest BCUT2D eigenvalue weighted by atomic mass is 10.1. The van der Waals surface area contributed by atoms with E-state index in [-0.39, 0.29) is 11.3 Å². The summed E-state index contributed by atoms with van der Waals surface area (Å²) in [6, 6.07) is 18.0. The number of anilines is 1. The lowest BCUT2D eigenvalue weighted by Gasteiger charge is -2.09. The van der Waals surface area contributed by atoms with Gasteiger partial charge in [0.25, 0.3) is 5.91 Å². The Labute approximate surface area is 150 Å². The summed E-state index contributed by atoms with van der Waals surface area (Å²) in [6.45, 7) is 3.80. The van der Waals surface area contributed by atoms with E-state index in [1.165, 1.54) is 0 Å². The van der Waals surface area contributed by atoms with Crippen molar-refractivity contribution in [3.05, 3.63) is 87.6 Å². The van der Waals surface area contributed by atoms with Crippen LogP contribution in [0.1, 0.15) is 21.5 Å². The molecular formula is C22H17NO3. The summed E-state index contributed by atoms with van der Waals surface area (Å²) in [6.07, 6.45) is 0. The molecule has 0 radical (unpaired) electrons. The van der Waals surface area contributed by atoms with Gasteiger partial charge in [0.1, 0.15) is 11.2 Å². The first kappa shape index (κ1) is 16.1. The lowest BCUT2D eigenvalue weighted by molar-refractivity contribution is 0.102. The Morgan fingerprint density at radius 2 is 1.65 bits per heavy atom. The Balaban J connectivity index is 1.79. The van der Waals surface area contributed by atoms with Gasteiger partial charge in [-0.25, -0.2) is 0 Å². The van der Waals surface area contributed by atoms with E-state index in [9.17, 15) is 9.59 Å². The monoisotopic (exact) mass is 343 g/mol. The molecule has 0 atom stereocenters. The van der Waals surface area contributed by atoms with Crippen molar-refractivity contribution in [2.24, 2.45) is 0 Å². The number of fused-ring (bicyclic) bond motifs is 2. The molecule has 0 aliphatic rings. The van der Waals surface area contributed by atoms with Gasteiger partial charge in [-0.3, -0.25) is 9.59 Å². The molecule has 1 heterocycles. The Morgan fingerprint density at radius 1 is 0.885 bits per heavy atom. The van der Waals surface area contributed by atoms with Crippen molar-refractivity contribution >= 4 is 33.5 Å². The van der Waals surface area contributed by atoms with Crippen molar-refractivity contribution in [2.75, 3.05) is 5.32 Å². The van der Waals surface area contributed by atoms with E-state index in [0.29, 0.717) is 33.2 Å². The van der Waals surface area contributed by atoms with E-state index >= 15 is 0 Å². The van der Waals surface area contributed by atoms with Gasteiger partial charge in [0, 0.05) is 17.3 Å². The topological polar surface area (TPSA) is 59.3 Å². The second-order valence-electron chi connectivity index (χ2n) is 6.36. The molecule has 4 nitrogen and oxygen atoms in total. The van der Waals surface area contributed by atoms with E-state index in [2.05, 4.69) is 5.32 Å². The number of amides is 1. The van der Waals surface area contributed by atoms with Crippen LogP contribution in [0.25, 0.3) is 21.9 Å². The molecular weight excluding hydrogens is 326 g/mol. The quantitative estimate of drug-likeness (QED) is 0.531. The smallest absolute Gasteiger partial charge is 0.255 e. The Hall–Kier alpha value is -3.40. The van der Waals surface area contributed by atoms with Gasteiger partial charge in [0.15, 0.2) is 0 Å². The summed E-state index contributed by atoms with van der Waals surface area (Å²) in [7, 11) is 0. The van der Waals surface area contributed by atoms with E-state index in [1.807, 2.05) is 44.2 Å². The first-order chi connectivity index (χ1) is 12.5. The second kappa shape index (κ2) is 6.15. The first-order valence-corrected chi connectivity index (χ1v) is 8.38. The van der Waals surface area contributed by atoms with Crippen LogP contribution in [0.2, 0.25) is 0 Å². The maximum absolute atomic E-state index is 12.7. The molecule has 0 bridgehead atoms. The predicted octanol–water partition coefficient (Wildman–Crippen LogP) is 4.82. The molecule has 0 aliphatic heterocycles. The van der Waals surface area contributed by atoms with Crippen LogP contribution >= 0.6 is 0 Å². The zero-order chi connectivity index (χ0) is 18.3. The summed E-state index contributed by atoms with van der Waals surface area (Å²) in [5.74, 6) is -0.193. The summed E-state index contributed by atoms with van der Waals surface area (Å²) in [4.78, 5) is 25.2. The van der Waals surface area contributed by atoms with Crippen molar-refractivity contribution in [3.8, 4) is 0 Å². The number of benzene rings is 3. The minimum Gasteiger partial charge on any atom is -0.455 e. The zero-order valence-electron chi connectivity index (χ0n) is 14.5. The first-order valence-electron chi connectivity index (χ1n) is 8.38. The molecule has 4 rings (SSSR count). The molecule has 0 unspecified atom stereocenters. The average molecular weight is 343 g/mol. The van der Waals surface area contributed by atoms with Crippen LogP contribution in [0.3, 0.4) is 0 Å². The van der Waals surface area contributed by atoms with E-state index in [0.717, 1.165) is 11.1 Å². The number of carbonyl (C=O) groups is 1. The lowest BCUT2D eigenvalue weighted by Crippen LogP contribution is -2.13. The van der Waals surface area contributed by atoms with Crippen LogP contribution in [0.5, 0.6) is 0 Å². The minimum absolute atomic E-state index is 0.0678. The molecule has 128 valence electrons. The number of aryl methyl sites for hydroxylation is 2. The molecule has 1 amide bonds. The van der Waals surface area contributed by atoms with Crippen LogP contribution in [0.15, 0.2) is 69.9 Å². The summed E-state index contributed by atoms with van der Waals surface area (Å²) in [5.41, 5.74) is 3.97. The van der Waals surface area contributed by atoms with Crippen molar-refractivity contribution in [2.45, 2.75) is 13.8 Å². The van der Waals surface area contributed by atoms with Gasteiger partial charge in [0.2, 0.25) is 5.43 Å². The van der Waals surface area contributed by atoms with Gasteiger partial charge >= 0.3 is 0 Å². The molecule has 26 heavy (non-hydrogen) atoms. The molecule has 0 saturated carbocycles. The molecule has 4 heteroatoms. The minimum atomic E-state index is -0.193. The van der Waals surface area contributed by atoms with E-state index in [4.69, 9.17) is 4.42 Å². The van der Waals surface area contributed by atoms with Crippen LogP contribution < -0.4 is 10.7 Å². The number of hydrogen-bond acceptors (Lipinski definition) is 3. The van der Waals surface area contributed by atoms with Crippen molar-refractivity contribution in [1.29, 1.82) is 0 Å². The number of nitrogens with one attached hydrogen (secondary N) is 1. The molecule has 1 aromatic heterocycles. The SMILES string of the molecule is Cc1ccccc1C(=O)Nc1ccc2c(=O)c3cccc(C)c3oc2c1. The molecule has 0 fully saturated rings. The fraction of sp³-hybridized carbons (Fsp3) is 0.0909. The van der Waals surface area contributed by atoms with Crippen molar-refractivity contribution in [3.63, 3.8) is 0 Å². The molecule has 0 aliphatic carbocycles. The van der Waals surface area contributed by atoms with E-state index < -0.39 is 0 Å². The summed E-state index contributed by atoms with van der Waals surface area (Å²) < 4.78 is 5.96.